The molecular weight excluding hydrogens is 272 g/mol. The van der Waals surface area contributed by atoms with E-state index in [0.717, 1.165) is 0 Å². The summed E-state index contributed by atoms with van der Waals surface area (Å²) in [6.45, 7) is 5.06. The molecule has 112 valence electrons. The number of aromatic carboxylic acids is 1. The summed E-state index contributed by atoms with van der Waals surface area (Å²) in [5, 5.41) is 19.7. The maximum atomic E-state index is 11.7. The van der Waals surface area contributed by atoms with Gasteiger partial charge in [0.2, 0.25) is 5.91 Å². The average molecular weight is 290 g/mol. The second kappa shape index (κ2) is 6.34. The quantitative estimate of drug-likeness (QED) is 0.835. The van der Waals surface area contributed by atoms with Crippen molar-refractivity contribution >= 4 is 22.9 Å². The highest BCUT2D eigenvalue weighted by molar-refractivity contribution is 6.00. The molecule has 0 spiro atoms. The summed E-state index contributed by atoms with van der Waals surface area (Å²) in [4.78, 5) is 22.8. The van der Waals surface area contributed by atoms with Crippen molar-refractivity contribution in [1.82, 2.24) is 20.3 Å². The fourth-order valence-corrected chi connectivity index (χ4v) is 1.94. The van der Waals surface area contributed by atoms with Crippen LogP contribution in [0.3, 0.4) is 0 Å². The summed E-state index contributed by atoms with van der Waals surface area (Å²) in [5.74, 6) is -0.691. The molecule has 2 aromatic rings. The molecule has 0 unspecified atom stereocenters. The molecule has 0 radical (unpaired) electrons. The fraction of sp³-hybridized carbons (Fsp3) is 0.429. The Kier molecular flexibility index (Phi) is 4.52. The molecule has 0 saturated heterocycles. The molecule has 1 aromatic carbocycles. The first-order valence-corrected chi connectivity index (χ1v) is 6.81. The van der Waals surface area contributed by atoms with Gasteiger partial charge in [-0.3, -0.25) is 4.79 Å². The molecule has 0 atom stereocenters. The molecule has 1 amide bonds. The van der Waals surface area contributed by atoms with Crippen molar-refractivity contribution in [2.24, 2.45) is 5.92 Å². The number of carbonyl (C=O) groups is 2. The predicted molar refractivity (Wildman–Crippen MR) is 77.0 cm³/mol. The Morgan fingerprint density at radius 3 is 2.81 bits per heavy atom. The van der Waals surface area contributed by atoms with E-state index in [0.29, 0.717) is 30.0 Å². The molecule has 1 aromatic heterocycles. The van der Waals surface area contributed by atoms with Crippen LogP contribution in [-0.2, 0) is 11.3 Å². The maximum Gasteiger partial charge on any atom is 0.338 e. The van der Waals surface area contributed by atoms with Gasteiger partial charge in [-0.15, -0.1) is 5.10 Å². The molecule has 0 aliphatic heterocycles. The summed E-state index contributed by atoms with van der Waals surface area (Å²) in [6, 6.07) is 4.87. The van der Waals surface area contributed by atoms with Crippen LogP contribution in [0.5, 0.6) is 0 Å². The Bertz CT molecular complexity index is 663. The fourth-order valence-electron chi connectivity index (χ4n) is 1.94. The first kappa shape index (κ1) is 15.0. The van der Waals surface area contributed by atoms with Crippen LogP contribution in [0.25, 0.3) is 11.0 Å². The molecule has 21 heavy (non-hydrogen) atoms. The summed E-state index contributed by atoms with van der Waals surface area (Å²) in [5.41, 5.74) is 1.07. The number of aromatic nitrogens is 3. The Morgan fingerprint density at radius 1 is 1.38 bits per heavy atom. The van der Waals surface area contributed by atoms with E-state index in [9.17, 15) is 9.59 Å². The zero-order chi connectivity index (χ0) is 15.4. The minimum atomic E-state index is -1.04. The van der Waals surface area contributed by atoms with E-state index in [1.807, 2.05) is 13.8 Å². The Hall–Kier alpha value is -2.44. The summed E-state index contributed by atoms with van der Waals surface area (Å²) in [6.07, 6.45) is 0.280. The molecule has 0 aliphatic carbocycles. The third-order valence-corrected chi connectivity index (χ3v) is 3.03. The van der Waals surface area contributed by atoms with Crippen molar-refractivity contribution in [3.8, 4) is 0 Å². The first-order valence-electron chi connectivity index (χ1n) is 6.81. The van der Waals surface area contributed by atoms with Gasteiger partial charge in [0, 0.05) is 13.0 Å². The van der Waals surface area contributed by atoms with Gasteiger partial charge in [0.1, 0.15) is 5.52 Å². The Morgan fingerprint density at radius 2 is 2.14 bits per heavy atom. The number of benzene rings is 1. The molecule has 2 N–H and O–H groups in total. The van der Waals surface area contributed by atoms with E-state index in [1.165, 1.54) is 6.07 Å². The Labute approximate surface area is 121 Å². The van der Waals surface area contributed by atoms with Gasteiger partial charge in [-0.25, -0.2) is 9.48 Å². The SMILES string of the molecule is CC(C)CNC(=O)CCn1nnc2c(C(=O)O)cccc21. The van der Waals surface area contributed by atoms with Crippen LogP contribution in [0.2, 0.25) is 0 Å². The van der Waals surface area contributed by atoms with Crippen molar-refractivity contribution in [3.05, 3.63) is 23.8 Å². The second-order valence-electron chi connectivity index (χ2n) is 5.24. The highest BCUT2D eigenvalue weighted by Crippen LogP contribution is 2.16. The van der Waals surface area contributed by atoms with Gasteiger partial charge in [0.05, 0.1) is 17.6 Å². The second-order valence-corrected chi connectivity index (χ2v) is 5.24. The minimum Gasteiger partial charge on any atom is -0.478 e. The van der Waals surface area contributed by atoms with Gasteiger partial charge in [0.25, 0.3) is 0 Å². The highest BCUT2D eigenvalue weighted by Gasteiger charge is 2.14. The monoisotopic (exact) mass is 290 g/mol. The number of amides is 1. The number of nitrogens with zero attached hydrogens (tertiary/aromatic N) is 3. The van der Waals surface area contributed by atoms with Crippen LogP contribution in [0.15, 0.2) is 18.2 Å². The lowest BCUT2D eigenvalue weighted by molar-refractivity contribution is -0.121. The number of nitrogens with one attached hydrogen (secondary N) is 1. The minimum absolute atomic E-state index is 0.0539. The molecule has 0 fully saturated rings. The number of rotatable bonds is 6. The number of aryl methyl sites for hydroxylation is 1. The lowest BCUT2D eigenvalue weighted by Crippen LogP contribution is -2.28. The largest absolute Gasteiger partial charge is 0.478 e. The number of carboxylic acids is 1. The van der Waals surface area contributed by atoms with Crippen LogP contribution in [0, 0.1) is 5.92 Å². The molecule has 7 nitrogen and oxygen atoms in total. The number of hydrogen-bond acceptors (Lipinski definition) is 4. The number of fused-ring (bicyclic) bond motifs is 1. The molecule has 1 heterocycles. The molecule has 2 rings (SSSR count). The zero-order valence-electron chi connectivity index (χ0n) is 12.0. The highest BCUT2D eigenvalue weighted by atomic mass is 16.4. The maximum absolute atomic E-state index is 11.7. The van der Waals surface area contributed by atoms with Crippen LogP contribution < -0.4 is 5.32 Å². The summed E-state index contributed by atoms with van der Waals surface area (Å²) >= 11 is 0. The number of hydrogen-bond donors (Lipinski definition) is 2. The summed E-state index contributed by atoms with van der Waals surface area (Å²) in [7, 11) is 0. The average Bonchev–Trinajstić information content (AvgIpc) is 2.85. The molecule has 0 aliphatic rings. The van der Waals surface area contributed by atoms with Crippen LogP contribution in [0.1, 0.15) is 30.6 Å². The zero-order valence-corrected chi connectivity index (χ0v) is 12.0. The van der Waals surface area contributed by atoms with Crippen LogP contribution in [0.4, 0.5) is 0 Å². The van der Waals surface area contributed by atoms with Gasteiger partial charge >= 0.3 is 5.97 Å². The lowest BCUT2D eigenvalue weighted by Gasteiger charge is -2.07. The van der Waals surface area contributed by atoms with Crippen molar-refractivity contribution in [1.29, 1.82) is 0 Å². The van der Waals surface area contributed by atoms with Gasteiger partial charge in [-0.2, -0.15) is 0 Å². The molecule has 0 bridgehead atoms. The van der Waals surface area contributed by atoms with Crippen molar-refractivity contribution in [2.75, 3.05) is 6.54 Å². The van der Waals surface area contributed by atoms with Crippen molar-refractivity contribution < 1.29 is 14.7 Å². The van der Waals surface area contributed by atoms with E-state index in [4.69, 9.17) is 5.11 Å². The van der Waals surface area contributed by atoms with E-state index in [2.05, 4.69) is 15.6 Å². The predicted octanol–water partition coefficient (Wildman–Crippen LogP) is 1.29. The topological polar surface area (TPSA) is 97.1 Å². The van der Waals surface area contributed by atoms with Gasteiger partial charge < -0.3 is 10.4 Å². The van der Waals surface area contributed by atoms with Gasteiger partial charge in [-0.1, -0.05) is 25.1 Å². The normalized spacial score (nSPS) is 11.0. The van der Waals surface area contributed by atoms with Gasteiger partial charge in [-0.05, 0) is 18.1 Å². The Balaban J connectivity index is 2.08. The molecule has 0 saturated carbocycles. The van der Waals surface area contributed by atoms with E-state index in [1.54, 1.807) is 16.8 Å². The molecule has 7 heteroatoms. The third kappa shape index (κ3) is 3.56. The first-order chi connectivity index (χ1) is 9.99. The lowest BCUT2D eigenvalue weighted by atomic mass is 10.2. The summed E-state index contributed by atoms with van der Waals surface area (Å²) < 4.78 is 1.55. The van der Waals surface area contributed by atoms with E-state index >= 15 is 0 Å². The van der Waals surface area contributed by atoms with Crippen molar-refractivity contribution in [3.63, 3.8) is 0 Å². The van der Waals surface area contributed by atoms with Crippen molar-refractivity contribution in [2.45, 2.75) is 26.8 Å². The molecular formula is C14H18N4O3. The smallest absolute Gasteiger partial charge is 0.338 e. The van der Waals surface area contributed by atoms with E-state index < -0.39 is 5.97 Å². The number of carboxylic acid groups (broad SMARTS) is 1. The van der Waals surface area contributed by atoms with Crippen LogP contribution >= 0.6 is 0 Å². The van der Waals surface area contributed by atoms with E-state index in [-0.39, 0.29) is 17.9 Å². The third-order valence-electron chi connectivity index (χ3n) is 3.03. The number of carbonyl (C=O) groups excluding carboxylic acids is 1. The standard InChI is InChI=1S/C14H18N4O3/c1-9(2)8-15-12(19)6-7-18-11-5-3-4-10(14(20)21)13(11)16-17-18/h3-5,9H,6-8H2,1-2H3,(H,15,19)(H,20,21). The van der Waals surface area contributed by atoms with Crippen LogP contribution in [-0.4, -0.2) is 38.5 Å². The van der Waals surface area contributed by atoms with Gasteiger partial charge in [0.15, 0.2) is 0 Å².